The summed E-state index contributed by atoms with van der Waals surface area (Å²) < 4.78 is 0. The monoisotopic (exact) mass is 360 g/mol. The Bertz CT molecular complexity index is 471. The lowest BCUT2D eigenvalue weighted by Crippen LogP contribution is -2.23. The fourth-order valence-electron chi connectivity index (χ4n) is 3.13. The quantitative estimate of drug-likeness (QED) is 0.847. The van der Waals surface area contributed by atoms with Crippen molar-refractivity contribution in [3.63, 3.8) is 0 Å². The van der Waals surface area contributed by atoms with Gasteiger partial charge in [-0.3, -0.25) is 4.79 Å². The van der Waals surface area contributed by atoms with Crippen LogP contribution >= 0.6 is 24.8 Å². The average Bonchev–Trinajstić information content (AvgIpc) is 3.19. The van der Waals surface area contributed by atoms with Crippen molar-refractivity contribution in [1.82, 2.24) is 10.3 Å². The highest BCUT2D eigenvalue weighted by atomic mass is 35.5. The number of carbonyl (C=O) groups excluding carboxylic acids is 1. The number of anilines is 2. The highest BCUT2D eigenvalue weighted by Crippen LogP contribution is 2.19. The molecule has 2 fully saturated rings. The molecule has 1 aromatic heterocycles. The number of carbonyl (C=O) groups is 1. The molecule has 0 spiro atoms. The first-order valence-electron chi connectivity index (χ1n) is 8.05. The second-order valence-electron chi connectivity index (χ2n) is 5.98. The van der Waals surface area contributed by atoms with Crippen molar-refractivity contribution in [3.05, 3.63) is 18.3 Å². The third-order valence-corrected chi connectivity index (χ3v) is 4.34. The van der Waals surface area contributed by atoms with Gasteiger partial charge < -0.3 is 15.5 Å². The van der Waals surface area contributed by atoms with E-state index in [1.54, 1.807) is 6.20 Å². The van der Waals surface area contributed by atoms with Crippen molar-refractivity contribution in [3.8, 4) is 0 Å². The van der Waals surface area contributed by atoms with Gasteiger partial charge in [0.05, 0.1) is 11.9 Å². The van der Waals surface area contributed by atoms with Crippen molar-refractivity contribution < 1.29 is 4.79 Å². The van der Waals surface area contributed by atoms with Crippen molar-refractivity contribution in [2.75, 3.05) is 29.9 Å². The van der Waals surface area contributed by atoms with E-state index in [1.807, 2.05) is 12.1 Å². The molecular formula is C16H26Cl2N4O. The Morgan fingerprint density at radius 1 is 1.26 bits per heavy atom. The average molecular weight is 361 g/mol. The zero-order valence-electron chi connectivity index (χ0n) is 13.3. The summed E-state index contributed by atoms with van der Waals surface area (Å²) in [6, 6.07) is 4.47. The van der Waals surface area contributed by atoms with Crippen LogP contribution in [-0.2, 0) is 4.79 Å². The van der Waals surface area contributed by atoms with Gasteiger partial charge in [0.1, 0.15) is 5.82 Å². The first-order chi connectivity index (χ1) is 10.3. The minimum atomic E-state index is 0. The second-order valence-corrected chi connectivity index (χ2v) is 5.98. The second kappa shape index (κ2) is 9.96. The third-order valence-electron chi connectivity index (χ3n) is 4.34. The maximum absolute atomic E-state index is 11.9. The SMILES string of the molecule is Cl.Cl.O=C(CCC1CCCN1)Nc1ccc(N2CCCC2)nc1. The van der Waals surface area contributed by atoms with Gasteiger partial charge >= 0.3 is 0 Å². The fraction of sp³-hybridized carbons (Fsp3) is 0.625. The van der Waals surface area contributed by atoms with Gasteiger partial charge in [0, 0.05) is 25.6 Å². The molecular weight excluding hydrogens is 335 g/mol. The van der Waals surface area contributed by atoms with Crippen LogP contribution in [0.2, 0.25) is 0 Å². The number of rotatable bonds is 5. The summed E-state index contributed by atoms with van der Waals surface area (Å²) >= 11 is 0. The Balaban J connectivity index is 0.00000132. The number of halogens is 2. The van der Waals surface area contributed by atoms with Gasteiger partial charge in [0.2, 0.25) is 5.91 Å². The molecule has 1 atom stereocenters. The van der Waals surface area contributed by atoms with Crippen LogP contribution in [0.15, 0.2) is 18.3 Å². The molecule has 0 radical (unpaired) electrons. The van der Waals surface area contributed by atoms with Gasteiger partial charge in [-0.15, -0.1) is 24.8 Å². The number of aromatic nitrogens is 1. The first kappa shape index (κ1) is 20.0. The van der Waals surface area contributed by atoms with Crippen LogP contribution in [0, 0.1) is 0 Å². The van der Waals surface area contributed by atoms with Crippen molar-refractivity contribution >= 4 is 42.2 Å². The van der Waals surface area contributed by atoms with Crippen LogP contribution in [0.1, 0.15) is 38.5 Å². The molecule has 2 aliphatic heterocycles. The number of hydrogen-bond donors (Lipinski definition) is 2. The molecule has 0 bridgehead atoms. The predicted octanol–water partition coefficient (Wildman–Crippen LogP) is 3.00. The molecule has 1 unspecified atom stereocenters. The van der Waals surface area contributed by atoms with Crippen molar-refractivity contribution in [2.45, 2.75) is 44.6 Å². The highest BCUT2D eigenvalue weighted by molar-refractivity contribution is 5.90. The van der Waals surface area contributed by atoms with Crippen LogP contribution in [0.3, 0.4) is 0 Å². The Kier molecular flexibility index (Phi) is 8.66. The van der Waals surface area contributed by atoms with E-state index in [-0.39, 0.29) is 30.7 Å². The summed E-state index contributed by atoms with van der Waals surface area (Å²) in [6.07, 6.45) is 8.17. The summed E-state index contributed by atoms with van der Waals surface area (Å²) in [4.78, 5) is 18.7. The minimum Gasteiger partial charge on any atom is -0.357 e. The third kappa shape index (κ3) is 5.83. The maximum atomic E-state index is 11.9. The topological polar surface area (TPSA) is 57.3 Å². The van der Waals surface area contributed by atoms with Gasteiger partial charge in [-0.05, 0) is 50.8 Å². The molecule has 0 aliphatic carbocycles. The predicted molar refractivity (Wildman–Crippen MR) is 99.1 cm³/mol. The molecule has 130 valence electrons. The number of nitrogens with zero attached hydrogens (tertiary/aromatic N) is 2. The molecule has 2 N–H and O–H groups in total. The normalized spacial score (nSPS) is 19.8. The van der Waals surface area contributed by atoms with E-state index in [4.69, 9.17) is 0 Å². The lowest BCUT2D eigenvalue weighted by atomic mass is 10.1. The molecule has 7 heteroatoms. The number of pyridine rings is 1. The largest absolute Gasteiger partial charge is 0.357 e. The van der Waals surface area contributed by atoms with Crippen LogP contribution in [0.25, 0.3) is 0 Å². The molecule has 0 saturated carbocycles. The lowest BCUT2D eigenvalue weighted by Gasteiger charge is -2.16. The molecule has 2 aliphatic rings. The van der Waals surface area contributed by atoms with Gasteiger partial charge in [-0.1, -0.05) is 0 Å². The number of amides is 1. The zero-order chi connectivity index (χ0) is 14.5. The van der Waals surface area contributed by atoms with Crippen LogP contribution in [-0.4, -0.2) is 36.6 Å². The van der Waals surface area contributed by atoms with E-state index in [0.29, 0.717) is 12.5 Å². The molecule has 3 rings (SSSR count). The smallest absolute Gasteiger partial charge is 0.224 e. The van der Waals surface area contributed by atoms with Gasteiger partial charge in [-0.2, -0.15) is 0 Å². The van der Waals surface area contributed by atoms with E-state index >= 15 is 0 Å². The van der Waals surface area contributed by atoms with E-state index in [9.17, 15) is 4.79 Å². The van der Waals surface area contributed by atoms with Crippen LogP contribution in [0.5, 0.6) is 0 Å². The van der Waals surface area contributed by atoms with Gasteiger partial charge in [0.25, 0.3) is 0 Å². The van der Waals surface area contributed by atoms with Crippen LogP contribution < -0.4 is 15.5 Å². The fourth-order valence-corrected chi connectivity index (χ4v) is 3.13. The number of hydrogen-bond acceptors (Lipinski definition) is 4. The molecule has 3 heterocycles. The molecule has 2 saturated heterocycles. The Labute approximate surface area is 150 Å². The van der Waals surface area contributed by atoms with Gasteiger partial charge in [0.15, 0.2) is 0 Å². The highest BCUT2D eigenvalue weighted by Gasteiger charge is 2.16. The molecule has 23 heavy (non-hydrogen) atoms. The van der Waals surface area contributed by atoms with E-state index in [1.165, 1.54) is 25.7 Å². The Hall–Kier alpha value is -1.04. The molecule has 1 aromatic rings. The maximum Gasteiger partial charge on any atom is 0.224 e. The summed E-state index contributed by atoms with van der Waals surface area (Å²) in [7, 11) is 0. The van der Waals surface area contributed by atoms with E-state index in [0.717, 1.165) is 37.6 Å². The first-order valence-corrected chi connectivity index (χ1v) is 8.05. The minimum absolute atomic E-state index is 0. The Morgan fingerprint density at radius 2 is 2.04 bits per heavy atom. The summed E-state index contributed by atoms with van der Waals surface area (Å²) in [5, 5.41) is 6.35. The lowest BCUT2D eigenvalue weighted by molar-refractivity contribution is -0.116. The van der Waals surface area contributed by atoms with Gasteiger partial charge in [-0.25, -0.2) is 4.98 Å². The molecule has 5 nitrogen and oxygen atoms in total. The van der Waals surface area contributed by atoms with Crippen molar-refractivity contribution in [1.29, 1.82) is 0 Å². The summed E-state index contributed by atoms with van der Waals surface area (Å²) in [5.41, 5.74) is 0.794. The van der Waals surface area contributed by atoms with Crippen molar-refractivity contribution in [2.24, 2.45) is 0 Å². The van der Waals surface area contributed by atoms with Crippen LogP contribution in [0.4, 0.5) is 11.5 Å². The zero-order valence-corrected chi connectivity index (χ0v) is 14.9. The summed E-state index contributed by atoms with van der Waals surface area (Å²) in [6.45, 7) is 3.27. The standard InChI is InChI=1S/C16H24N4O.2ClH/c21-16(8-6-13-4-3-9-17-13)19-14-5-7-15(18-12-14)20-10-1-2-11-20;;/h5,7,12-13,17H,1-4,6,8-11H2,(H,19,21);2*1H. The van der Waals surface area contributed by atoms with E-state index < -0.39 is 0 Å². The Morgan fingerprint density at radius 3 is 2.65 bits per heavy atom. The number of nitrogens with one attached hydrogen (secondary N) is 2. The van der Waals surface area contributed by atoms with E-state index in [2.05, 4.69) is 20.5 Å². The molecule has 1 amide bonds. The summed E-state index contributed by atoms with van der Waals surface area (Å²) in [5.74, 6) is 1.10. The molecule has 0 aromatic carbocycles.